The van der Waals surface area contributed by atoms with Crippen molar-refractivity contribution in [3.63, 3.8) is 0 Å². The lowest BCUT2D eigenvalue weighted by atomic mass is 9.95. The predicted molar refractivity (Wildman–Crippen MR) is 82.3 cm³/mol. The molecule has 2 heterocycles. The number of alkyl halides is 2. The van der Waals surface area contributed by atoms with E-state index in [2.05, 4.69) is 21.4 Å². The third kappa shape index (κ3) is 2.43. The van der Waals surface area contributed by atoms with Crippen LogP contribution in [-0.4, -0.2) is 19.8 Å². The molecule has 2 aromatic heterocycles. The number of benzene rings is 1. The fourth-order valence-corrected chi connectivity index (χ4v) is 2.85. The highest BCUT2D eigenvalue weighted by Gasteiger charge is 2.46. The van der Waals surface area contributed by atoms with Crippen molar-refractivity contribution in [2.75, 3.05) is 0 Å². The molecule has 1 aliphatic carbocycles. The third-order valence-corrected chi connectivity index (χ3v) is 4.40. The second kappa shape index (κ2) is 5.02. The predicted octanol–water partition coefficient (Wildman–Crippen LogP) is 3.60. The summed E-state index contributed by atoms with van der Waals surface area (Å²) >= 11 is 0. The Morgan fingerprint density at radius 1 is 1.20 bits per heavy atom. The molecular weight excluding hydrogens is 331 g/mol. The minimum absolute atomic E-state index is 0.179. The van der Waals surface area contributed by atoms with Crippen molar-refractivity contribution in [2.45, 2.75) is 31.1 Å². The Kier molecular flexibility index (Phi) is 3.13. The van der Waals surface area contributed by atoms with E-state index in [0.717, 1.165) is 4.52 Å². The van der Waals surface area contributed by atoms with Gasteiger partial charge in [-0.05, 0) is 31.0 Å². The fourth-order valence-electron chi connectivity index (χ4n) is 2.85. The van der Waals surface area contributed by atoms with E-state index in [1.807, 2.05) is 0 Å². The number of hydrogen-bond donors (Lipinski definition) is 0. The summed E-state index contributed by atoms with van der Waals surface area (Å²) in [5.41, 5.74) is 0.552. The summed E-state index contributed by atoms with van der Waals surface area (Å²) in [7, 11) is 0. The zero-order valence-corrected chi connectivity index (χ0v) is 13.2. The molecule has 0 bridgehead atoms. The van der Waals surface area contributed by atoms with Gasteiger partial charge in [0.05, 0.1) is 17.2 Å². The van der Waals surface area contributed by atoms with E-state index < -0.39 is 23.0 Å². The molecule has 5 nitrogen and oxygen atoms in total. The van der Waals surface area contributed by atoms with Crippen LogP contribution in [0.4, 0.5) is 13.2 Å². The first-order chi connectivity index (χ1) is 11.8. The molecule has 1 fully saturated rings. The molecule has 0 unspecified atom stereocenters. The number of nitriles is 1. The van der Waals surface area contributed by atoms with Crippen LogP contribution < -0.4 is 0 Å². The molecule has 0 amide bonds. The highest BCUT2D eigenvalue weighted by Crippen LogP contribution is 2.48. The number of hydrogen-bond acceptors (Lipinski definition) is 4. The van der Waals surface area contributed by atoms with E-state index in [9.17, 15) is 18.4 Å². The van der Waals surface area contributed by atoms with E-state index in [1.165, 1.54) is 12.1 Å². The van der Waals surface area contributed by atoms with Crippen LogP contribution in [0.15, 0.2) is 30.3 Å². The maximum atomic E-state index is 14.5. The number of nitrogens with zero attached hydrogens (tertiary/aromatic N) is 5. The average molecular weight is 343 g/mol. The van der Waals surface area contributed by atoms with Gasteiger partial charge in [-0.2, -0.15) is 23.7 Å². The molecule has 4 rings (SSSR count). The molecule has 0 spiro atoms. The van der Waals surface area contributed by atoms with Crippen LogP contribution in [-0.2, 0) is 11.3 Å². The van der Waals surface area contributed by atoms with Crippen molar-refractivity contribution in [1.29, 1.82) is 5.26 Å². The molecule has 0 N–H and O–H groups in total. The van der Waals surface area contributed by atoms with E-state index in [0.29, 0.717) is 36.6 Å². The lowest BCUT2D eigenvalue weighted by Gasteiger charge is -2.10. The van der Waals surface area contributed by atoms with Gasteiger partial charge in [-0.25, -0.2) is 4.39 Å². The maximum Gasteiger partial charge on any atom is 0.305 e. The second-order valence-corrected chi connectivity index (χ2v) is 6.29. The normalized spacial score (nSPS) is 16.0. The topological polar surface area (TPSA) is 66.9 Å². The first-order valence-corrected chi connectivity index (χ1v) is 7.66. The van der Waals surface area contributed by atoms with Gasteiger partial charge in [0.1, 0.15) is 5.82 Å². The zero-order chi connectivity index (χ0) is 17.8. The molecular formula is C17H12F3N5. The molecule has 1 aliphatic rings. The van der Waals surface area contributed by atoms with E-state index in [-0.39, 0.29) is 5.65 Å². The largest absolute Gasteiger partial charge is 0.305 e. The first-order valence-electron chi connectivity index (χ1n) is 7.66. The average Bonchev–Trinajstić information content (AvgIpc) is 3.24. The lowest BCUT2D eigenvalue weighted by molar-refractivity contribution is 0.00564. The summed E-state index contributed by atoms with van der Waals surface area (Å²) in [6.07, 6.45) is 1.28. The van der Waals surface area contributed by atoms with E-state index in [4.69, 9.17) is 0 Å². The summed E-state index contributed by atoms with van der Waals surface area (Å²) < 4.78 is 42.6. The van der Waals surface area contributed by atoms with Gasteiger partial charge in [0, 0.05) is 18.1 Å². The van der Waals surface area contributed by atoms with E-state index >= 15 is 0 Å². The Bertz CT molecular complexity index is 1020. The van der Waals surface area contributed by atoms with Crippen LogP contribution >= 0.6 is 0 Å². The second-order valence-electron chi connectivity index (χ2n) is 6.29. The first kappa shape index (κ1) is 15.6. The maximum absolute atomic E-state index is 14.5. The smallest absolute Gasteiger partial charge is 0.207 e. The highest BCUT2D eigenvalue weighted by molar-refractivity contribution is 5.62. The molecule has 0 saturated heterocycles. The Labute approximate surface area is 140 Å². The summed E-state index contributed by atoms with van der Waals surface area (Å²) in [4.78, 5) is 0. The molecule has 1 aromatic carbocycles. The minimum Gasteiger partial charge on any atom is -0.207 e. The van der Waals surface area contributed by atoms with E-state index in [1.54, 1.807) is 18.2 Å². The molecule has 126 valence electrons. The quantitative estimate of drug-likeness (QED) is 0.729. The van der Waals surface area contributed by atoms with Gasteiger partial charge in [-0.15, -0.1) is 10.2 Å². The highest BCUT2D eigenvalue weighted by atomic mass is 19.3. The summed E-state index contributed by atoms with van der Waals surface area (Å²) in [6.45, 7) is 0.712. The van der Waals surface area contributed by atoms with Gasteiger partial charge >= 0.3 is 5.92 Å². The fraction of sp³-hybridized carbons (Fsp3) is 0.294. The van der Waals surface area contributed by atoms with Crippen molar-refractivity contribution < 1.29 is 13.2 Å². The van der Waals surface area contributed by atoms with Gasteiger partial charge in [-0.3, -0.25) is 0 Å². The van der Waals surface area contributed by atoms with Gasteiger partial charge in [0.25, 0.3) is 0 Å². The number of fused-ring (bicyclic) bond motifs is 1. The Hall–Kier alpha value is -2.95. The molecule has 1 saturated carbocycles. The van der Waals surface area contributed by atoms with Crippen molar-refractivity contribution >= 4 is 5.65 Å². The number of rotatable bonds is 3. The van der Waals surface area contributed by atoms with Crippen LogP contribution in [0.5, 0.6) is 0 Å². The monoisotopic (exact) mass is 343 g/mol. The van der Waals surface area contributed by atoms with Crippen LogP contribution in [0.25, 0.3) is 16.9 Å². The molecule has 0 aliphatic heterocycles. The molecule has 0 radical (unpaired) electrons. The van der Waals surface area contributed by atoms with Crippen molar-refractivity contribution in [1.82, 2.24) is 19.8 Å². The standard InChI is InChI=1S/C17H12F3N5/c1-16(19,20)15-23-22-14-5-4-13(24-25(14)15)10-2-3-11(12(18)8-10)17(9-21)6-7-17/h2-5,8H,6-7H2,1H3. The van der Waals surface area contributed by atoms with Crippen molar-refractivity contribution in [3.8, 4) is 17.3 Å². The third-order valence-electron chi connectivity index (χ3n) is 4.40. The number of aromatic nitrogens is 4. The lowest BCUT2D eigenvalue weighted by Crippen LogP contribution is -2.14. The van der Waals surface area contributed by atoms with Crippen LogP contribution in [0, 0.1) is 17.1 Å². The minimum atomic E-state index is -3.20. The molecule has 25 heavy (non-hydrogen) atoms. The Morgan fingerprint density at radius 3 is 2.56 bits per heavy atom. The summed E-state index contributed by atoms with van der Waals surface area (Å²) in [5.74, 6) is -4.28. The van der Waals surface area contributed by atoms with Gasteiger partial charge < -0.3 is 0 Å². The molecule has 3 aromatic rings. The summed E-state index contributed by atoms with van der Waals surface area (Å²) in [5, 5.41) is 20.5. The van der Waals surface area contributed by atoms with Gasteiger partial charge in [0.2, 0.25) is 5.82 Å². The van der Waals surface area contributed by atoms with Crippen molar-refractivity contribution in [2.24, 2.45) is 0 Å². The Morgan fingerprint density at radius 2 is 1.96 bits per heavy atom. The number of halogens is 3. The zero-order valence-electron chi connectivity index (χ0n) is 13.2. The summed E-state index contributed by atoms with van der Waals surface area (Å²) in [6, 6.07) is 9.68. The van der Waals surface area contributed by atoms with Gasteiger partial charge in [-0.1, -0.05) is 12.1 Å². The van der Waals surface area contributed by atoms with Crippen LogP contribution in [0.2, 0.25) is 0 Å². The van der Waals surface area contributed by atoms with Crippen LogP contribution in [0.3, 0.4) is 0 Å². The van der Waals surface area contributed by atoms with Crippen molar-refractivity contribution in [3.05, 3.63) is 47.5 Å². The SMILES string of the molecule is CC(F)(F)c1nnc2ccc(-c3ccc(C4(C#N)CC4)c(F)c3)nn12. The molecule has 8 heteroatoms. The molecule has 0 atom stereocenters. The van der Waals surface area contributed by atoms with Gasteiger partial charge in [0.15, 0.2) is 5.65 Å². The Balaban J connectivity index is 1.80. The van der Waals surface area contributed by atoms with Crippen LogP contribution in [0.1, 0.15) is 31.2 Å².